The zero-order chi connectivity index (χ0) is 16.4. The van der Waals surface area contributed by atoms with Crippen molar-refractivity contribution in [2.45, 2.75) is 69.7 Å². The molecule has 1 aromatic heterocycles. The molecular weight excluding hydrogens is 324 g/mol. The Kier molecular flexibility index (Phi) is 5.06. The van der Waals surface area contributed by atoms with Crippen molar-refractivity contribution in [3.05, 3.63) is 15.8 Å². The van der Waals surface area contributed by atoms with Gasteiger partial charge in [0.1, 0.15) is 0 Å². The molecule has 1 aromatic rings. The van der Waals surface area contributed by atoms with E-state index in [2.05, 4.69) is 16.0 Å². The lowest BCUT2D eigenvalue weighted by Gasteiger charge is -2.39. The number of thiophene rings is 1. The van der Waals surface area contributed by atoms with Gasteiger partial charge in [-0.15, -0.1) is 11.3 Å². The van der Waals surface area contributed by atoms with Gasteiger partial charge in [-0.05, 0) is 44.1 Å². The van der Waals surface area contributed by atoms with Crippen LogP contribution < -0.4 is 10.6 Å². The molecule has 3 unspecified atom stereocenters. The number of fused-ring (bicyclic) bond motifs is 2. The zero-order valence-electron chi connectivity index (χ0n) is 14.0. The van der Waals surface area contributed by atoms with E-state index in [9.17, 15) is 4.79 Å². The summed E-state index contributed by atoms with van der Waals surface area (Å²) in [4.78, 5) is 13.6. The fraction of sp³-hybridized carbons (Fsp3) is 0.722. The summed E-state index contributed by atoms with van der Waals surface area (Å²) in [5, 5.41) is 8.02. The van der Waals surface area contributed by atoms with Gasteiger partial charge in [0.2, 0.25) is 0 Å². The van der Waals surface area contributed by atoms with Crippen molar-refractivity contribution in [1.82, 2.24) is 5.32 Å². The summed E-state index contributed by atoms with van der Waals surface area (Å²) in [6.07, 6.45) is 9.80. The number of hydrogen-bond acceptors (Lipinski definition) is 4. The Hall–Kier alpha value is -1.11. The topological polar surface area (TPSA) is 59.6 Å². The van der Waals surface area contributed by atoms with Crippen LogP contribution in [0.5, 0.6) is 0 Å². The maximum atomic E-state index is 12.2. The van der Waals surface area contributed by atoms with E-state index in [1.807, 2.05) is 0 Å². The maximum Gasteiger partial charge on any atom is 0.319 e. The van der Waals surface area contributed by atoms with Crippen molar-refractivity contribution >= 4 is 23.1 Å². The number of ether oxygens (including phenoxy) is 2. The highest BCUT2D eigenvalue weighted by molar-refractivity contribution is 7.10. The second-order valence-corrected chi connectivity index (χ2v) is 8.01. The highest BCUT2D eigenvalue weighted by Crippen LogP contribution is 2.33. The number of carbonyl (C=O) groups is 1. The summed E-state index contributed by atoms with van der Waals surface area (Å²) in [6, 6.07) is -0.143. The summed E-state index contributed by atoms with van der Waals surface area (Å²) in [5.74, 6) is 0. The Morgan fingerprint density at radius 1 is 1.17 bits per heavy atom. The van der Waals surface area contributed by atoms with Gasteiger partial charge in [-0.2, -0.15) is 0 Å². The summed E-state index contributed by atoms with van der Waals surface area (Å²) in [5.41, 5.74) is 2.32. The monoisotopic (exact) mass is 350 g/mol. The average Bonchev–Trinajstić information content (AvgIpc) is 3.03. The van der Waals surface area contributed by atoms with Crippen molar-refractivity contribution in [3.63, 3.8) is 0 Å². The van der Waals surface area contributed by atoms with Gasteiger partial charge in [0.15, 0.2) is 0 Å². The summed E-state index contributed by atoms with van der Waals surface area (Å²) in [6.45, 7) is 1.08. The Morgan fingerprint density at radius 2 is 2.00 bits per heavy atom. The van der Waals surface area contributed by atoms with E-state index in [0.717, 1.165) is 31.4 Å². The van der Waals surface area contributed by atoms with E-state index in [1.54, 1.807) is 11.3 Å². The molecule has 132 valence electrons. The third-order valence-corrected chi connectivity index (χ3v) is 6.39. The second kappa shape index (κ2) is 7.42. The quantitative estimate of drug-likeness (QED) is 0.877. The number of urea groups is 1. The van der Waals surface area contributed by atoms with Gasteiger partial charge in [-0.3, -0.25) is 0 Å². The van der Waals surface area contributed by atoms with E-state index in [-0.39, 0.29) is 24.3 Å². The highest BCUT2D eigenvalue weighted by atomic mass is 32.1. The van der Waals surface area contributed by atoms with E-state index in [0.29, 0.717) is 13.2 Å². The lowest BCUT2D eigenvalue weighted by atomic mass is 9.93. The van der Waals surface area contributed by atoms with Crippen LogP contribution in [0.15, 0.2) is 5.38 Å². The van der Waals surface area contributed by atoms with Crippen molar-refractivity contribution in [2.75, 3.05) is 18.5 Å². The highest BCUT2D eigenvalue weighted by Gasteiger charge is 2.33. The van der Waals surface area contributed by atoms with Crippen molar-refractivity contribution < 1.29 is 14.3 Å². The third-order valence-electron chi connectivity index (χ3n) is 5.31. The predicted molar refractivity (Wildman–Crippen MR) is 94.9 cm³/mol. The molecule has 2 aliphatic carbocycles. The number of hydrogen-bond donors (Lipinski definition) is 2. The number of aryl methyl sites for hydroxylation is 1. The summed E-state index contributed by atoms with van der Waals surface area (Å²) in [7, 11) is 0. The minimum atomic E-state index is -0.143. The van der Waals surface area contributed by atoms with Gasteiger partial charge in [0, 0.05) is 16.8 Å². The fourth-order valence-electron chi connectivity index (χ4n) is 4.01. The van der Waals surface area contributed by atoms with Crippen LogP contribution in [0.3, 0.4) is 0 Å². The molecule has 5 nitrogen and oxygen atoms in total. The van der Waals surface area contributed by atoms with Crippen LogP contribution in [0.1, 0.15) is 49.0 Å². The molecule has 2 heterocycles. The van der Waals surface area contributed by atoms with E-state index >= 15 is 0 Å². The number of amides is 2. The normalized spacial score (nSPS) is 29.4. The molecule has 0 aromatic carbocycles. The van der Waals surface area contributed by atoms with Crippen molar-refractivity contribution in [1.29, 1.82) is 0 Å². The molecule has 1 saturated carbocycles. The minimum absolute atomic E-state index is 0.0357. The number of carbonyl (C=O) groups excluding carboxylic acids is 1. The smallest absolute Gasteiger partial charge is 0.319 e. The predicted octanol–water partition coefficient (Wildman–Crippen LogP) is 3.48. The first-order valence-electron chi connectivity index (χ1n) is 9.21. The van der Waals surface area contributed by atoms with Crippen LogP contribution in [0.4, 0.5) is 10.5 Å². The maximum absolute atomic E-state index is 12.2. The zero-order valence-corrected chi connectivity index (χ0v) is 14.8. The molecule has 4 rings (SSSR count). The van der Waals surface area contributed by atoms with Gasteiger partial charge < -0.3 is 20.1 Å². The van der Waals surface area contributed by atoms with Crippen LogP contribution in [0, 0.1) is 0 Å². The Morgan fingerprint density at radius 3 is 2.92 bits per heavy atom. The van der Waals surface area contributed by atoms with Crippen LogP contribution in [0.25, 0.3) is 0 Å². The molecule has 2 fully saturated rings. The summed E-state index contributed by atoms with van der Waals surface area (Å²) < 4.78 is 12.0. The molecule has 1 aliphatic heterocycles. The molecule has 1 saturated heterocycles. The van der Waals surface area contributed by atoms with Crippen LogP contribution >= 0.6 is 11.3 Å². The molecule has 2 N–H and O–H groups in total. The largest absolute Gasteiger partial charge is 0.373 e. The molecule has 2 amide bonds. The first-order chi connectivity index (χ1) is 11.8. The Bertz CT molecular complexity index is 589. The first kappa shape index (κ1) is 16.4. The van der Waals surface area contributed by atoms with Crippen molar-refractivity contribution in [2.24, 2.45) is 0 Å². The van der Waals surface area contributed by atoms with E-state index in [4.69, 9.17) is 9.47 Å². The average molecular weight is 350 g/mol. The van der Waals surface area contributed by atoms with Gasteiger partial charge in [0.05, 0.1) is 30.6 Å². The van der Waals surface area contributed by atoms with Gasteiger partial charge in [0.25, 0.3) is 0 Å². The van der Waals surface area contributed by atoms with E-state index < -0.39 is 0 Å². The lowest BCUT2D eigenvalue weighted by molar-refractivity contribution is -0.189. The molecule has 3 aliphatic rings. The SMILES string of the molecule is O=C(NCC1COC2CCCCC2O1)Nc1csc2c1CCCC2. The molecular formula is C18H26N2O3S. The summed E-state index contributed by atoms with van der Waals surface area (Å²) >= 11 is 1.77. The van der Waals surface area contributed by atoms with E-state index in [1.165, 1.54) is 36.1 Å². The molecule has 0 spiro atoms. The number of anilines is 1. The lowest BCUT2D eigenvalue weighted by Crippen LogP contribution is -2.49. The minimum Gasteiger partial charge on any atom is -0.373 e. The molecule has 6 heteroatoms. The Balaban J connectivity index is 1.26. The number of rotatable bonds is 3. The van der Waals surface area contributed by atoms with Crippen LogP contribution in [0.2, 0.25) is 0 Å². The fourth-order valence-corrected chi connectivity index (χ4v) is 5.08. The molecule has 24 heavy (non-hydrogen) atoms. The van der Waals surface area contributed by atoms with Crippen LogP contribution in [-0.4, -0.2) is 37.5 Å². The van der Waals surface area contributed by atoms with Crippen LogP contribution in [-0.2, 0) is 22.3 Å². The first-order valence-corrected chi connectivity index (χ1v) is 10.1. The molecule has 0 radical (unpaired) electrons. The number of nitrogens with one attached hydrogen (secondary N) is 2. The second-order valence-electron chi connectivity index (χ2n) is 7.05. The van der Waals surface area contributed by atoms with Gasteiger partial charge in [-0.25, -0.2) is 4.79 Å². The molecule has 0 bridgehead atoms. The van der Waals surface area contributed by atoms with Gasteiger partial charge >= 0.3 is 6.03 Å². The molecule has 3 atom stereocenters. The third kappa shape index (κ3) is 3.60. The van der Waals surface area contributed by atoms with Crippen molar-refractivity contribution in [3.8, 4) is 0 Å². The Labute approximate surface area is 147 Å². The van der Waals surface area contributed by atoms with Gasteiger partial charge in [-0.1, -0.05) is 12.8 Å². The standard InChI is InChI=1S/C18H26N2O3S/c21-18(20-14-11-24-17-8-4-1-5-13(14)17)19-9-12-10-22-15-6-2-3-7-16(15)23-12/h11-12,15-16H,1-10H2,(H2,19,20,21).